The van der Waals surface area contributed by atoms with Crippen LogP contribution in [0, 0.1) is 5.92 Å². The Kier molecular flexibility index (Phi) is 3.56. The Labute approximate surface area is 76.8 Å². The summed E-state index contributed by atoms with van der Waals surface area (Å²) in [5.74, 6) is 1.10. The van der Waals surface area contributed by atoms with Crippen LogP contribution in [0.1, 0.15) is 26.2 Å². The van der Waals surface area contributed by atoms with E-state index in [-0.39, 0.29) is 12.1 Å². The highest BCUT2D eigenvalue weighted by Gasteiger charge is 2.27. The Morgan fingerprint density at radius 3 is 2.46 bits per heavy atom. The molecule has 1 saturated carbocycles. The van der Waals surface area contributed by atoms with Gasteiger partial charge in [0, 0.05) is 5.92 Å². The molecule has 69 valence electrons. The fourth-order valence-corrected chi connectivity index (χ4v) is 1.63. The van der Waals surface area contributed by atoms with Crippen molar-refractivity contribution in [2.24, 2.45) is 9.98 Å². The van der Waals surface area contributed by atoms with Crippen molar-refractivity contribution < 1.29 is 9.59 Å². The van der Waals surface area contributed by atoms with Crippen LogP contribution in [-0.2, 0) is 9.59 Å². The van der Waals surface area contributed by atoms with E-state index in [9.17, 15) is 9.59 Å². The first kappa shape index (κ1) is 9.85. The highest BCUT2D eigenvalue weighted by Crippen LogP contribution is 2.29. The lowest BCUT2D eigenvalue weighted by Crippen LogP contribution is -2.26. The van der Waals surface area contributed by atoms with Gasteiger partial charge in [-0.2, -0.15) is 0 Å². The second kappa shape index (κ2) is 4.70. The van der Waals surface area contributed by atoms with Gasteiger partial charge in [-0.1, -0.05) is 6.92 Å². The van der Waals surface area contributed by atoms with Crippen LogP contribution in [0.15, 0.2) is 9.98 Å². The van der Waals surface area contributed by atoms with Crippen molar-refractivity contribution in [3.63, 3.8) is 0 Å². The van der Waals surface area contributed by atoms with Crippen LogP contribution in [0.3, 0.4) is 0 Å². The molecule has 0 aromatic rings. The molecule has 1 fully saturated rings. The molecule has 0 spiro atoms. The van der Waals surface area contributed by atoms with Crippen molar-refractivity contribution in [2.45, 2.75) is 38.3 Å². The maximum Gasteiger partial charge on any atom is 0.235 e. The van der Waals surface area contributed by atoms with E-state index in [0.29, 0.717) is 0 Å². The Bertz CT molecular complexity index is 265. The number of isocyanates is 2. The van der Waals surface area contributed by atoms with Gasteiger partial charge in [0.15, 0.2) is 0 Å². The third-order valence-electron chi connectivity index (χ3n) is 2.34. The fourth-order valence-electron chi connectivity index (χ4n) is 1.63. The molecule has 1 rings (SSSR count). The smallest absolute Gasteiger partial charge is 0.211 e. The summed E-state index contributed by atoms with van der Waals surface area (Å²) in [7, 11) is 0. The first-order chi connectivity index (χ1) is 6.27. The number of hydrogen-bond donors (Lipinski definition) is 0. The number of nitrogens with zero attached hydrogens (tertiary/aromatic N) is 2. The van der Waals surface area contributed by atoms with Gasteiger partial charge < -0.3 is 0 Å². The second-order valence-electron chi connectivity index (χ2n) is 3.24. The molecule has 13 heavy (non-hydrogen) atoms. The molecule has 0 aliphatic heterocycles. The van der Waals surface area contributed by atoms with Crippen molar-refractivity contribution in [1.29, 1.82) is 0 Å². The lowest BCUT2D eigenvalue weighted by atomic mass is 9.83. The molecule has 1 aliphatic carbocycles. The molecule has 0 heterocycles. The number of carbonyl (C=O) groups excluding carboxylic acids is 2. The molecule has 2 atom stereocenters. The molecule has 1 aliphatic rings. The zero-order valence-electron chi connectivity index (χ0n) is 7.49. The van der Waals surface area contributed by atoms with Crippen LogP contribution < -0.4 is 0 Å². The Morgan fingerprint density at radius 1 is 1.23 bits per heavy atom. The summed E-state index contributed by atoms with van der Waals surface area (Å²) in [6.07, 6.45) is 5.42. The molecule has 4 nitrogen and oxygen atoms in total. The van der Waals surface area contributed by atoms with Gasteiger partial charge in [-0.15, -0.1) is 0 Å². The van der Waals surface area contributed by atoms with Gasteiger partial charge in [0.2, 0.25) is 12.2 Å². The molecule has 2 unspecified atom stereocenters. The SMILES string of the molecule is C[C]1CC(N=C=O)CCC1N=C=O. The van der Waals surface area contributed by atoms with Crippen molar-refractivity contribution in [2.75, 3.05) is 0 Å². The predicted molar refractivity (Wildman–Crippen MR) is 46.6 cm³/mol. The van der Waals surface area contributed by atoms with Crippen LogP contribution in [0.5, 0.6) is 0 Å². The molecule has 1 radical (unpaired) electrons. The fraction of sp³-hybridized carbons (Fsp3) is 0.667. The first-order valence-corrected chi connectivity index (χ1v) is 4.24. The maximum absolute atomic E-state index is 10.0. The van der Waals surface area contributed by atoms with E-state index >= 15 is 0 Å². The van der Waals surface area contributed by atoms with Crippen LogP contribution in [0.4, 0.5) is 0 Å². The van der Waals surface area contributed by atoms with Gasteiger partial charge in [-0.3, -0.25) is 0 Å². The van der Waals surface area contributed by atoms with Gasteiger partial charge in [0.05, 0.1) is 12.1 Å². The summed E-state index contributed by atoms with van der Waals surface area (Å²) < 4.78 is 0. The first-order valence-electron chi connectivity index (χ1n) is 4.24. The molecular weight excluding hydrogens is 168 g/mol. The molecular formula is C9H11N2O2. The molecule has 0 aromatic heterocycles. The van der Waals surface area contributed by atoms with Crippen molar-refractivity contribution in [3.8, 4) is 0 Å². The van der Waals surface area contributed by atoms with E-state index in [1.807, 2.05) is 6.92 Å². The van der Waals surface area contributed by atoms with E-state index in [0.717, 1.165) is 25.2 Å². The van der Waals surface area contributed by atoms with Crippen molar-refractivity contribution in [1.82, 2.24) is 0 Å². The van der Waals surface area contributed by atoms with E-state index in [1.165, 1.54) is 0 Å². The van der Waals surface area contributed by atoms with Gasteiger partial charge in [-0.25, -0.2) is 19.6 Å². The minimum absolute atomic E-state index is 0.0180. The highest BCUT2D eigenvalue weighted by molar-refractivity contribution is 5.36. The quantitative estimate of drug-likeness (QED) is 0.472. The summed E-state index contributed by atoms with van der Waals surface area (Å²) in [5.41, 5.74) is 0. The van der Waals surface area contributed by atoms with Crippen LogP contribution in [-0.4, -0.2) is 24.2 Å². The lowest BCUT2D eigenvalue weighted by molar-refractivity contribution is 0.425. The van der Waals surface area contributed by atoms with E-state index in [1.54, 1.807) is 12.2 Å². The minimum Gasteiger partial charge on any atom is -0.211 e. The largest absolute Gasteiger partial charge is 0.235 e. The summed E-state index contributed by atoms with van der Waals surface area (Å²) in [6.45, 7) is 1.93. The van der Waals surface area contributed by atoms with Gasteiger partial charge in [0.25, 0.3) is 0 Å². The maximum atomic E-state index is 10.0. The Hall–Kier alpha value is -1.24. The number of aliphatic imine (C=N–C) groups is 2. The molecule has 0 aromatic carbocycles. The zero-order chi connectivity index (χ0) is 9.68. The summed E-state index contributed by atoms with van der Waals surface area (Å²) in [6, 6.07) is 0.0196. The molecule has 0 bridgehead atoms. The standard InChI is InChI=1S/C9H11N2O2/c1-7-4-8(10-5-12)2-3-9(7)11-6-13/h8-9H,2-4H2,1H3. The Morgan fingerprint density at radius 2 is 1.92 bits per heavy atom. The topological polar surface area (TPSA) is 58.9 Å². The van der Waals surface area contributed by atoms with Crippen molar-refractivity contribution >= 4 is 12.2 Å². The number of hydrogen-bond acceptors (Lipinski definition) is 4. The third-order valence-corrected chi connectivity index (χ3v) is 2.34. The number of rotatable bonds is 2. The molecule has 0 amide bonds. The minimum atomic E-state index is -0.0180. The zero-order valence-corrected chi connectivity index (χ0v) is 7.49. The van der Waals surface area contributed by atoms with Crippen LogP contribution in [0.25, 0.3) is 0 Å². The van der Waals surface area contributed by atoms with Gasteiger partial charge in [-0.05, 0) is 19.3 Å². The summed E-state index contributed by atoms with van der Waals surface area (Å²) in [4.78, 5) is 27.4. The average molecular weight is 179 g/mol. The van der Waals surface area contributed by atoms with E-state index < -0.39 is 0 Å². The van der Waals surface area contributed by atoms with Crippen LogP contribution in [0.2, 0.25) is 0 Å². The van der Waals surface area contributed by atoms with E-state index in [4.69, 9.17) is 0 Å². The molecule has 0 saturated heterocycles. The van der Waals surface area contributed by atoms with Gasteiger partial charge >= 0.3 is 0 Å². The van der Waals surface area contributed by atoms with E-state index in [2.05, 4.69) is 9.98 Å². The lowest BCUT2D eigenvalue weighted by Gasteiger charge is -2.27. The third kappa shape index (κ3) is 2.62. The highest BCUT2D eigenvalue weighted by atomic mass is 16.1. The average Bonchev–Trinajstić information content (AvgIpc) is 2.10. The summed E-state index contributed by atoms with van der Waals surface area (Å²) >= 11 is 0. The molecule has 4 heteroatoms. The molecule has 0 N–H and O–H groups in total. The van der Waals surface area contributed by atoms with Crippen LogP contribution >= 0.6 is 0 Å². The predicted octanol–water partition coefficient (Wildman–Crippen LogP) is 1.17. The monoisotopic (exact) mass is 179 g/mol. The summed E-state index contributed by atoms with van der Waals surface area (Å²) in [5, 5.41) is 0. The second-order valence-corrected chi connectivity index (χ2v) is 3.24. The van der Waals surface area contributed by atoms with Crippen molar-refractivity contribution in [3.05, 3.63) is 5.92 Å². The Balaban J connectivity index is 2.55. The van der Waals surface area contributed by atoms with Gasteiger partial charge in [0.1, 0.15) is 0 Å². The normalized spacial score (nSPS) is 28.7.